The quantitative estimate of drug-likeness (QED) is 0.762. The highest BCUT2D eigenvalue weighted by Gasteiger charge is 2.31. The normalized spacial score (nSPS) is 22.5. The first-order valence-corrected chi connectivity index (χ1v) is 6.06. The predicted octanol–water partition coefficient (Wildman–Crippen LogP) is 3.01. The number of nitrogens with zero attached hydrogens (tertiary/aromatic N) is 1. The first-order chi connectivity index (χ1) is 7.72. The molecule has 1 aliphatic heterocycles. The third-order valence-electron chi connectivity index (χ3n) is 3.57. The third kappa shape index (κ3) is 2.11. The number of amides is 1. The molecule has 0 spiro atoms. The fraction of sp³-hybridized carbons (Fsp3) is 0.500. The summed E-state index contributed by atoms with van der Waals surface area (Å²) in [6, 6.07) is 10.5. The van der Waals surface area contributed by atoms with Crippen LogP contribution in [0.2, 0.25) is 0 Å². The van der Waals surface area contributed by atoms with Crippen LogP contribution in [0.1, 0.15) is 38.3 Å². The van der Waals surface area contributed by atoms with Crippen LogP contribution < -0.4 is 0 Å². The number of likely N-dealkylation sites (tertiary alicyclic amines) is 1. The van der Waals surface area contributed by atoms with Crippen molar-refractivity contribution in [3.63, 3.8) is 0 Å². The van der Waals surface area contributed by atoms with Crippen molar-refractivity contribution in [3.05, 3.63) is 35.9 Å². The highest BCUT2D eigenvalue weighted by molar-refractivity contribution is 5.79. The number of carbonyl (C=O) groups is 1. The van der Waals surface area contributed by atoms with Gasteiger partial charge in [-0.25, -0.2) is 0 Å². The van der Waals surface area contributed by atoms with Crippen molar-refractivity contribution in [1.29, 1.82) is 0 Å². The molecule has 0 aromatic heterocycles. The summed E-state index contributed by atoms with van der Waals surface area (Å²) in [6.07, 6.45) is 1.83. The summed E-state index contributed by atoms with van der Waals surface area (Å²) in [4.78, 5) is 13.9. The van der Waals surface area contributed by atoms with Gasteiger partial charge in [0, 0.05) is 13.0 Å². The van der Waals surface area contributed by atoms with Crippen molar-refractivity contribution in [3.8, 4) is 0 Å². The molecule has 1 heterocycles. The highest BCUT2D eigenvalue weighted by Crippen LogP contribution is 2.29. The van der Waals surface area contributed by atoms with E-state index >= 15 is 0 Å². The molecule has 1 fully saturated rings. The molecule has 2 atom stereocenters. The molecule has 0 radical (unpaired) electrons. The average molecular weight is 217 g/mol. The molecule has 1 saturated heterocycles. The van der Waals surface area contributed by atoms with Crippen LogP contribution in [0.4, 0.5) is 0 Å². The molecule has 1 aliphatic rings. The number of benzene rings is 1. The number of hydrogen-bond acceptors (Lipinski definition) is 1. The van der Waals surface area contributed by atoms with Gasteiger partial charge in [0.2, 0.25) is 5.91 Å². The molecule has 2 nitrogen and oxygen atoms in total. The van der Waals surface area contributed by atoms with Crippen molar-refractivity contribution in [2.45, 2.75) is 32.7 Å². The van der Waals surface area contributed by atoms with E-state index in [1.807, 2.05) is 23.1 Å². The van der Waals surface area contributed by atoms with E-state index in [1.54, 1.807) is 0 Å². The number of carbonyl (C=O) groups excluding carboxylic acids is 1. The lowest BCUT2D eigenvalue weighted by Crippen LogP contribution is -2.28. The molecule has 1 amide bonds. The lowest BCUT2D eigenvalue weighted by atomic mass is 10.1. The molecule has 0 bridgehead atoms. The third-order valence-corrected chi connectivity index (χ3v) is 3.57. The molecule has 0 saturated carbocycles. The van der Waals surface area contributed by atoms with Gasteiger partial charge in [-0.3, -0.25) is 4.79 Å². The summed E-state index contributed by atoms with van der Waals surface area (Å²) in [5.74, 6) is 0.863. The van der Waals surface area contributed by atoms with Crippen molar-refractivity contribution >= 4 is 5.91 Å². The van der Waals surface area contributed by atoms with Gasteiger partial charge in [0.1, 0.15) is 0 Å². The van der Waals surface area contributed by atoms with Crippen molar-refractivity contribution < 1.29 is 4.79 Å². The van der Waals surface area contributed by atoms with Gasteiger partial charge in [0.05, 0.1) is 6.04 Å². The first-order valence-electron chi connectivity index (χ1n) is 6.06. The largest absolute Gasteiger partial charge is 0.336 e. The van der Waals surface area contributed by atoms with E-state index in [4.69, 9.17) is 0 Å². The van der Waals surface area contributed by atoms with Gasteiger partial charge in [0.15, 0.2) is 0 Å². The Bertz CT molecular complexity index is 360. The minimum absolute atomic E-state index is 0.213. The Labute approximate surface area is 97.3 Å². The maximum atomic E-state index is 11.9. The second-order valence-corrected chi connectivity index (χ2v) is 4.61. The number of hydrogen-bond donors (Lipinski definition) is 0. The topological polar surface area (TPSA) is 20.3 Å². The summed E-state index contributed by atoms with van der Waals surface area (Å²) >= 11 is 0. The molecule has 2 rings (SSSR count). The van der Waals surface area contributed by atoms with Crippen LogP contribution in [0.3, 0.4) is 0 Å². The van der Waals surface area contributed by atoms with Crippen molar-refractivity contribution in [2.75, 3.05) is 6.54 Å². The van der Waals surface area contributed by atoms with Gasteiger partial charge in [0.25, 0.3) is 0 Å². The summed E-state index contributed by atoms with van der Waals surface area (Å²) < 4.78 is 0. The Kier molecular flexibility index (Phi) is 3.28. The van der Waals surface area contributed by atoms with E-state index in [-0.39, 0.29) is 6.04 Å². The molecular weight excluding hydrogens is 198 g/mol. The molecule has 1 unspecified atom stereocenters. The maximum Gasteiger partial charge on any atom is 0.223 e. The zero-order chi connectivity index (χ0) is 11.5. The van der Waals surface area contributed by atoms with Crippen LogP contribution in [-0.2, 0) is 4.79 Å². The monoisotopic (exact) mass is 217 g/mol. The summed E-state index contributed by atoms with van der Waals surface area (Å²) in [7, 11) is 0. The molecule has 1 aromatic rings. The van der Waals surface area contributed by atoms with Gasteiger partial charge >= 0.3 is 0 Å². The van der Waals surface area contributed by atoms with Gasteiger partial charge in [-0.1, -0.05) is 43.7 Å². The average Bonchev–Trinajstić information content (AvgIpc) is 2.71. The van der Waals surface area contributed by atoms with Gasteiger partial charge in [-0.2, -0.15) is 0 Å². The van der Waals surface area contributed by atoms with Crippen LogP contribution in [-0.4, -0.2) is 17.4 Å². The molecule has 0 N–H and O–H groups in total. The Morgan fingerprint density at radius 2 is 2.06 bits per heavy atom. The van der Waals surface area contributed by atoms with Gasteiger partial charge in [-0.05, 0) is 18.4 Å². The van der Waals surface area contributed by atoms with Crippen LogP contribution in [0, 0.1) is 5.92 Å². The van der Waals surface area contributed by atoms with Crippen LogP contribution in [0.15, 0.2) is 30.3 Å². The molecule has 2 heteroatoms. The smallest absolute Gasteiger partial charge is 0.223 e. The van der Waals surface area contributed by atoms with E-state index in [0.717, 1.165) is 19.4 Å². The zero-order valence-electron chi connectivity index (χ0n) is 10.0. The van der Waals surface area contributed by atoms with E-state index < -0.39 is 0 Å². The number of rotatable bonds is 3. The standard InChI is InChI=1S/C14H19NO/c1-3-12-9-14(16)15(10-12)11(2)13-7-5-4-6-8-13/h4-8,11-12H,3,9-10H2,1-2H3/t11?,12-/m1/s1. The second kappa shape index (κ2) is 4.69. The molecular formula is C14H19NO. The predicted molar refractivity (Wildman–Crippen MR) is 65.0 cm³/mol. The SMILES string of the molecule is CC[C@@H]1CC(=O)N(C(C)c2ccccc2)C1. The van der Waals surface area contributed by atoms with E-state index in [9.17, 15) is 4.79 Å². The Morgan fingerprint density at radius 3 is 2.62 bits per heavy atom. The Balaban J connectivity index is 2.11. The molecule has 16 heavy (non-hydrogen) atoms. The fourth-order valence-electron chi connectivity index (χ4n) is 2.37. The summed E-state index contributed by atoms with van der Waals surface area (Å²) in [5.41, 5.74) is 1.23. The van der Waals surface area contributed by atoms with E-state index in [0.29, 0.717) is 11.8 Å². The van der Waals surface area contributed by atoms with Crippen molar-refractivity contribution in [1.82, 2.24) is 4.90 Å². The van der Waals surface area contributed by atoms with Crippen LogP contribution in [0.25, 0.3) is 0 Å². The van der Waals surface area contributed by atoms with Gasteiger partial charge in [-0.15, -0.1) is 0 Å². The Morgan fingerprint density at radius 1 is 1.38 bits per heavy atom. The lowest BCUT2D eigenvalue weighted by molar-refractivity contribution is -0.129. The second-order valence-electron chi connectivity index (χ2n) is 4.61. The first kappa shape index (κ1) is 11.2. The van der Waals surface area contributed by atoms with Crippen LogP contribution in [0.5, 0.6) is 0 Å². The Hall–Kier alpha value is -1.31. The minimum Gasteiger partial charge on any atom is -0.336 e. The molecule has 86 valence electrons. The fourth-order valence-corrected chi connectivity index (χ4v) is 2.37. The highest BCUT2D eigenvalue weighted by atomic mass is 16.2. The maximum absolute atomic E-state index is 11.9. The minimum atomic E-state index is 0.213. The van der Waals surface area contributed by atoms with E-state index in [1.165, 1.54) is 5.56 Å². The van der Waals surface area contributed by atoms with Crippen molar-refractivity contribution in [2.24, 2.45) is 5.92 Å². The summed E-state index contributed by atoms with van der Waals surface area (Å²) in [6.45, 7) is 5.20. The van der Waals surface area contributed by atoms with E-state index in [2.05, 4.69) is 26.0 Å². The lowest BCUT2D eigenvalue weighted by Gasteiger charge is -2.25. The van der Waals surface area contributed by atoms with Crippen LogP contribution >= 0.6 is 0 Å². The summed E-state index contributed by atoms with van der Waals surface area (Å²) in [5, 5.41) is 0. The van der Waals surface area contributed by atoms with Gasteiger partial charge < -0.3 is 4.90 Å². The molecule has 0 aliphatic carbocycles. The zero-order valence-corrected chi connectivity index (χ0v) is 10.0. The molecule has 1 aromatic carbocycles.